The molecule has 0 saturated carbocycles. The highest BCUT2D eigenvalue weighted by Gasteiger charge is 2.10. The van der Waals surface area contributed by atoms with Crippen LogP contribution in [0.15, 0.2) is 24.3 Å². The molecule has 1 aromatic heterocycles. The molecule has 3 rings (SSSR count). The van der Waals surface area contributed by atoms with Crippen LogP contribution in [-0.2, 0) is 16.0 Å². The number of nitrogens with one attached hydrogen (secondary N) is 2. The normalized spacial score (nSPS) is 15.8. The molecule has 0 atom stereocenters. The number of H-pyrrole nitrogens is 1. The number of aromatic nitrogens is 2. The fraction of sp³-hybridized carbons (Fsp3) is 0.529. The summed E-state index contributed by atoms with van der Waals surface area (Å²) in [6.45, 7) is 5.40. The first-order valence-corrected chi connectivity index (χ1v) is 8.32. The van der Waals surface area contributed by atoms with Gasteiger partial charge in [-0.15, -0.1) is 0 Å². The quantitative estimate of drug-likeness (QED) is 0.756. The molecular weight excluding hydrogens is 292 g/mol. The van der Waals surface area contributed by atoms with E-state index in [0.717, 1.165) is 62.7 Å². The first-order chi connectivity index (χ1) is 11.3. The predicted molar refractivity (Wildman–Crippen MR) is 89.3 cm³/mol. The van der Waals surface area contributed by atoms with Gasteiger partial charge in [0, 0.05) is 32.5 Å². The van der Waals surface area contributed by atoms with Gasteiger partial charge < -0.3 is 15.0 Å². The molecule has 23 heavy (non-hydrogen) atoms. The van der Waals surface area contributed by atoms with Gasteiger partial charge in [-0.05, 0) is 25.1 Å². The lowest BCUT2D eigenvalue weighted by Gasteiger charge is -2.26. The van der Waals surface area contributed by atoms with Crippen molar-refractivity contribution in [2.75, 3.05) is 39.4 Å². The summed E-state index contributed by atoms with van der Waals surface area (Å²) in [5.41, 5.74) is 1.97. The average molecular weight is 316 g/mol. The Labute approximate surface area is 136 Å². The molecule has 1 fully saturated rings. The number of hydrogen-bond acceptors (Lipinski definition) is 4. The van der Waals surface area contributed by atoms with Crippen LogP contribution in [0.3, 0.4) is 0 Å². The Balaban J connectivity index is 1.33. The Kier molecular flexibility index (Phi) is 5.60. The molecule has 2 N–H and O–H groups in total. The van der Waals surface area contributed by atoms with E-state index in [-0.39, 0.29) is 5.91 Å². The Morgan fingerprint density at radius 2 is 2.13 bits per heavy atom. The number of hydrogen-bond donors (Lipinski definition) is 2. The summed E-state index contributed by atoms with van der Waals surface area (Å²) in [6.07, 6.45) is 2.09. The van der Waals surface area contributed by atoms with Gasteiger partial charge in [-0.2, -0.15) is 0 Å². The number of ether oxygens (including phenoxy) is 1. The highest BCUT2D eigenvalue weighted by molar-refractivity contribution is 5.77. The molecule has 0 radical (unpaired) electrons. The van der Waals surface area contributed by atoms with E-state index in [2.05, 4.69) is 20.2 Å². The maximum Gasteiger partial charge on any atom is 0.220 e. The van der Waals surface area contributed by atoms with Crippen molar-refractivity contribution in [2.45, 2.75) is 19.3 Å². The number of morpholine rings is 1. The molecule has 0 spiro atoms. The third kappa shape index (κ3) is 4.77. The van der Waals surface area contributed by atoms with Crippen molar-refractivity contribution in [3.63, 3.8) is 0 Å². The number of imidazole rings is 1. The first-order valence-electron chi connectivity index (χ1n) is 8.32. The Bertz CT molecular complexity index is 601. The molecule has 6 nitrogen and oxygen atoms in total. The smallest absolute Gasteiger partial charge is 0.220 e. The highest BCUT2D eigenvalue weighted by atomic mass is 16.5. The summed E-state index contributed by atoms with van der Waals surface area (Å²) in [7, 11) is 0. The van der Waals surface area contributed by atoms with Crippen LogP contribution in [0, 0.1) is 0 Å². The molecule has 1 aromatic carbocycles. The predicted octanol–water partition coefficient (Wildman–Crippen LogP) is 1.33. The number of nitrogens with zero attached hydrogens (tertiary/aromatic N) is 2. The zero-order valence-electron chi connectivity index (χ0n) is 13.4. The van der Waals surface area contributed by atoms with Crippen LogP contribution in [0.5, 0.6) is 0 Å². The highest BCUT2D eigenvalue weighted by Crippen LogP contribution is 2.11. The molecule has 0 unspecified atom stereocenters. The molecule has 2 heterocycles. The van der Waals surface area contributed by atoms with Gasteiger partial charge in [0.25, 0.3) is 0 Å². The number of aromatic amines is 1. The molecule has 0 bridgehead atoms. The zero-order chi connectivity index (χ0) is 15.9. The topological polar surface area (TPSA) is 70.2 Å². The van der Waals surface area contributed by atoms with Gasteiger partial charge in [0.05, 0.1) is 24.2 Å². The minimum Gasteiger partial charge on any atom is -0.379 e. The van der Waals surface area contributed by atoms with Gasteiger partial charge in [0.1, 0.15) is 5.82 Å². The van der Waals surface area contributed by atoms with Crippen LogP contribution in [-0.4, -0.2) is 60.2 Å². The van der Waals surface area contributed by atoms with Crippen molar-refractivity contribution < 1.29 is 9.53 Å². The van der Waals surface area contributed by atoms with Gasteiger partial charge in [-0.25, -0.2) is 4.98 Å². The number of aryl methyl sites for hydroxylation is 1. The lowest BCUT2D eigenvalue weighted by Crippen LogP contribution is -2.38. The van der Waals surface area contributed by atoms with Crippen molar-refractivity contribution in [1.29, 1.82) is 0 Å². The lowest BCUT2D eigenvalue weighted by molar-refractivity contribution is -0.121. The summed E-state index contributed by atoms with van der Waals surface area (Å²) < 4.78 is 5.32. The van der Waals surface area contributed by atoms with Crippen molar-refractivity contribution in [2.24, 2.45) is 0 Å². The van der Waals surface area contributed by atoms with Crippen LogP contribution in [0.2, 0.25) is 0 Å². The summed E-state index contributed by atoms with van der Waals surface area (Å²) in [5, 5.41) is 2.99. The number of benzene rings is 1. The number of amides is 1. The second kappa shape index (κ2) is 8.08. The van der Waals surface area contributed by atoms with E-state index in [1.807, 2.05) is 24.3 Å². The van der Waals surface area contributed by atoms with E-state index in [4.69, 9.17) is 4.74 Å². The molecule has 1 amide bonds. The van der Waals surface area contributed by atoms with E-state index >= 15 is 0 Å². The molecule has 0 aliphatic carbocycles. The Morgan fingerprint density at radius 1 is 1.30 bits per heavy atom. The van der Waals surface area contributed by atoms with Crippen molar-refractivity contribution >= 4 is 16.9 Å². The number of carbonyl (C=O) groups is 1. The monoisotopic (exact) mass is 316 g/mol. The van der Waals surface area contributed by atoms with E-state index in [9.17, 15) is 4.79 Å². The maximum atomic E-state index is 11.9. The molecule has 1 saturated heterocycles. The lowest BCUT2D eigenvalue weighted by atomic mass is 10.2. The summed E-state index contributed by atoms with van der Waals surface area (Å²) in [4.78, 5) is 22.0. The summed E-state index contributed by atoms with van der Waals surface area (Å²) in [6, 6.07) is 7.91. The summed E-state index contributed by atoms with van der Waals surface area (Å²) >= 11 is 0. The van der Waals surface area contributed by atoms with Crippen LogP contribution >= 0.6 is 0 Å². The number of rotatable bonds is 7. The third-order valence-electron chi connectivity index (χ3n) is 4.10. The largest absolute Gasteiger partial charge is 0.379 e. The minimum absolute atomic E-state index is 0.0902. The van der Waals surface area contributed by atoms with Gasteiger partial charge in [0.15, 0.2) is 0 Å². The SMILES string of the molecule is O=C(CCc1nc2ccccc2[nH]1)NCCCN1CCOCC1. The van der Waals surface area contributed by atoms with Crippen molar-refractivity contribution in [3.8, 4) is 0 Å². The van der Waals surface area contributed by atoms with Crippen molar-refractivity contribution in [1.82, 2.24) is 20.2 Å². The standard InChI is InChI=1S/C17H24N4O2/c22-17(18-8-3-9-21-10-12-23-13-11-21)7-6-16-19-14-4-1-2-5-15(14)20-16/h1-2,4-5H,3,6-13H2,(H,18,22)(H,19,20). The third-order valence-corrected chi connectivity index (χ3v) is 4.10. The van der Waals surface area contributed by atoms with Crippen LogP contribution in [0.25, 0.3) is 11.0 Å². The first kappa shape index (κ1) is 16.0. The zero-order valence-corrected chi connectivity index (χ0v) is 13.4. The second-order valence-electron chi connectivity index (χ2n) is 5.86. The van der Waals surface area contributed by atoms with Crippen molar-refractivity contribution in [3.05, 3.63) is 30.1 Å². The van der Waals surface area contributed by atoms with E-state index in [0.29, 0.717) is 12.8 Å². The van der Waals surface area contributed by atoms with Gasteiger partial charge in [-0.3, -0.25) is 9.69 Å². The minimum atomic E-state index is 0.0902. The Morgan fingerprint density at radius 3 is 2.96 bits per heavy atom. The number of carbonyl (C=O) groups excluding carboxylic acids is 1. The molecule has 124 valence electrons. The average Bonchev–Trinajstić information content (AvgIpc) is 3.01. The van der Waals surface area contributed by atoms with E-state index in [1.165, 1.54) is 0 Å². The molecule has 1 aliphatic rings. The number of fused-ring (bicyclic) bond motifs is 1. The second-order valence-corrected chi connectivity index (χ2v) is 5.86. The Hall–Kier alpha value is -1.92. The van der Waals surface area contributed by atoms with Crippen LogP contribution in [0.4, 0.5) is 0 Å². The van der Waals surface area contributed by atoms with Crippen LogP contribution < -0.4 is 5.32 Å². The van der Waals surface area contributed by atoms with Gasteiger partial charge in [-0.1, -0.05) is 12.1 Å². The van der Waals surface area contributed by atoms with Gasteiger partial charge in [0.2, 0.25) is 5.91 Å². The number of para-hydroxylation sites is 2. The summed E-state index contributed by atoms with van der Waals surface area (Å²) in [5.74, 6) is 0.960. The van der Waals surface area contributed by atoms with Gasteiger partial charge >= 0.3 is 0 Å². The van der Waals surface area contributed by atoms with E-state index in [1.54, 1.807) is 0 Å². The van der Waals surface area contributed by atoms with E-state index < -0.39 is 0 Å². The maximum absolute atomic E-state index is 11.9. The molecule has 1 aliphatic heterocycles. The molecule has 6 heteroatoms. The van der Waals surface area contributed by atoms with Crippen LogP contribution in [0.1, 0.15) is 18.7 Å². The molecule has 2 aromatic rings. The fourth-order valence-electron chi connectivity index (χ4n) is 2.80. The molecular formula is C17H24N4O2. The fourth-order valence-corrected chi connectivity index (χ4v) is 2.80.